The van der Waals surface area contributed by atoms with Gasteiger partial charge in [0.15, 0.2) is 0 Å². The molecule has 66 valence electrons. The number of hydrogen-bond acceptors (Lipinski definition) is 8. The van der Waals surface area contributed by atoms with Crippen LogP contribution < -0.4 is 89.7 Å². The van der Waals surface area contributed by atoms with Crippen molar-refractivity contribution in [3.05, 3.63) is 0 Å². The van der Waals surface area contributed by atoms with Gasteiger partial charge in [-0.1, -0.05) is 0 Å². The molecule has 0 heterocycles. The molecule has 0 saturated heterocycles. The number of rotatable bonds is 0. The van der Waals surface area contributed by atoms with Crippen molar-refractivity contribution in [1.82, 2.24) is 0 Å². The molecule has 0 aromatic heterocycles. The van der Waals surface area contributed by atoms with Gasteiger partial charge < -0.3 is 56.5 Å². The van der Waals surface area contributed by atoms with E-state index in [0.29, 0.717) is 0 Å². The molecule has 0 spiro atoms. The Morgan fingerprint density at radius 2 is 0.538 bits per heavy atom. The monoisotopic (exact) mass is 434 g/mol. The number of hydrogen-bond donors (Lipinski definition) is 0. The minimum absolute atomic E-state index is 0. The van der Waals surface area contributed by atoms with Gasteiger partial charge in [0.2, 0.25) is 0 Å². The van der Waals surface area contributed by atoms with E-state index < -0.39 is 18.1 Å². The maximum absolute atomic E-state index is 8.58. The average Bonchev–Trinajstić information content (AvgIpc) is 1.12. The Bertz CT molecular complexity index is 65.1. The van der Waals surface area contributed by atoms with Crippen molar-refractivity contribution in [2.75, 3.05) is 0 Å². The fourth-order valence-electron chi connectivity index (χ4n) is 0. The van der Waals surface area contributed by atoms with Crippen LogP contribution in [-0.4, -0.2) is 35.5 Å². The molecule has 0 aliphatic rings. The first kappa shape index (κ1) is 29.7. The SMILES string of the molecule is [Al+3].[K+].[O-][Si]([O-])([O-])[O-].[O-][Si]([O-])([O-])[O-].[W+4]. The molecule has 0 amide bonds. The molecular formula is AlKO8Si2W. The summed E-state index contributed by atoms with van der Waals surface area (Å²) in [7, 11) is -11.2. The standard InChI is InChI=1S/Al.K.2O4Si.W/c;;2*1-5(2,3)4;/q+3;+1;2*-4;+4. The second-order valence-corrected chi connectivity index (χ2v) is 3.00. The van der Waals surface area contributed by atoms with Crippen molar-refractivity contribution in [2.45, 2.75) is 0 Å². The Balaban J connectivity index is -0.0000000267. The molecule has 8 nitrogen and oxygen atoms in total. The summed E-state index contributed by atoms with van der Waals surface area (Å²) in [5, 5.41) is 0. The molecule has 0 fully saturated rings. The molecule has 13 heteroatoms. The third-order valence-corrected chi connectivity index (χ3v) is 0. The van der Waals surface area contributed by atoms with Crippen LogP contribution in [0.15, 0.2) is 0 Å². The topological polar surface area (TPSA) is 184 Å². The van der Waals surface area contributed by atoms with Crippen molar-refractivity contribution in [3.8, 4) is 0 Å². The van der Waals surface area contributed by atoms with Gasteiger partial charge in [0.05, 0.1) is 0 Å². The fraction of sp³-hybridized carbons (Fsp3) is 0. The first-order chi connectivity index (χ1) is 4.00. The van der Waals surface area contributed by atoms with Gasteiger partial charge in [-0.25, -0.2) is 0 Å². The maximum Gasteiger partial charge on any atom is 4.00 e. The van der Waals surface area contributed by atoms with Crippen LogP contribution in [0.2, 0.25) is 0 Å². The van der Waals surface area contributed by atoms with Crippen LogP contribution in [0.25, 0.3) is 0 Å². The summed E-state index contributed by atoms with van der Waals surface area (Å²) < 4.78 is 0. The summed E-state index contributed by atoms with van der Waals surface area (Å²) in [6.45, 7) is 0. The summed E-state index contributed by atoms with van der Waals surface area (Å²) in [6.07, 6.45) is 0. The van der Waals surface area contributed by atoms with Gasteiger partial charge in [0.1, 0.15) is 0 Å². The van der Waals surface area contributed by atoms with E-state index in [1.54, 1.807) is 0 Å². The summed E-state index contributed by atoms with van der Waals surface area (Å²) in [4.78, 5) is 68.6. The Hall–Kier alpha value is 2.97. The predicted molar refractivity (Wildman–Crippen MR) is 17.3 cm³/mol. The summed E-state index contributed by atoms with van der Waals surface area (Å²) in [5.41, 5.74) is 0. The predicted octanol–water partition coefficient (Wildman–Crippen LogP) is -13.7. The molecule has 13 heavy (non-hydrogen) atoms. The largest absolute Gasteiger partial charge is 4.00 e. The summed E-state index contributed by atoms with van der Waals surface area (Å²) in [5.74, 6) is 0. The Kier molecular flexibility index (Phi) is 29.8. The van der Waals surface area contributed by atoms with E-state index >= 15 is 0 Å². The smallest absolute Gasteiger partial charge is 0.894 e. The van der Waals surface area contributed by atoms with Crippen molar-refractivity contribution >= 4 is 35.5 Å². The molecule has 0 radical (unpaired) electrons. The maximum atomic E-state index is 8.58. The van der Waals surface area contributed by atoms with Crippen LogP contribution in [0.1, 0.15) is 0 Å². The minimum atomic E-state index is -5.61. The van der Waals surface area contributed by atoms with Gasteiger partial charge >= 0.3 is 89.8 Å². The van der Waals surface area contributed by atoms with Crippen LogP contribution >= 0.6 is 0 Å². The molecule has 0 atom stereocenters. The van der Waals surface area contributed by atoms with Crippen LogP contribution in [0, 0.1) is 0 Å². The van der Waals surface area contributed by atoms with Gasteiger partial charge in [-0.2, -0.15) is 0 Å². The zero-order chi connectivity index (χ0) is 9.00. The van der Waals surface area contributed by atoms with Gasteiger partial charge in [-0.3, -0.25) is 0 Å². The van der Waals surface area contributed by atoms with E-state index in [1.807, 2.05) is 0 Å². The molecule has 0 aliphatic heterocycles. The molecule has 0 aromatic rings. The van der Waals surface area contributed by atoms with Crippen molar-refractivity contribution in [3.63, 3.8) is 0 Å². The van der Waals surface area contributed by atoms with Gasteiger partial charge in [0, 0.05) is 0 Å². The first-order valence-corrected chi connectivity index (χ1v) is 4.90. The quantitative estimate of drug-likeness (QED) is 0.337. The zero-order valence-electron chi connectivity index (χ0n) is 6.25. The van der Waals surface area contributed by atoms with E-state index in [-0.39, 0.29) is 89.8 Å². The van der Waals surface area contributed by atoms with Crippen LogP contribution in [0.4, 0.5) is 0 Å². The fourth-order valence-corrected chi connectivity index (χ4v) is 0. The third-order valence-electron chi connectivity index (χ3n) is 0. The molecule has 0 aromatic carbocycles. The first-order valence-electron chi connectivity index (χ1n) is 1.63. The molecule has 0 saturated carbocycles. The van der Waals surface area contributed by atoms with E-state index in [1.165, 1.54) is 0 Å². The minimum Gasteiger partial charge on any atom is -0.894 e. The van der Waals surface area contributed by atoms with E-state index in [0.717, 1.165) is 0 Å². The van der Waals surface area contributed by atoms with E-state index in [9.17, 15) is 0 Å². The van der Waals surface area contributed by atoms with Gasteiger partial charge in [-0.15, -0.1) is 0 Å². The molecule has 0 bridgehead atoms. The summed E-state index contributed by atoms with van der Waals surface area (Å²) in [6, 6.07) is 0. The molecule has 0 unspecified atom stereocenters. The summed E-state index contributed by atoms with van der Waals surface area (Å²) >= 11 is 0. The van der Waals surface area contributed by atoms with Gasteiger partial charge in [0.25, 0.3) is 0 Å². The van der Waals surface area contributed by atoms with Crippen molar-refractivity contribution < 1.29 is 111 Å². The second-order valence-electron chi connectivity index (χ2n) is 1.00. The Labute approximate surface area is 144 Å². The molecular weight excluding hydrogens is 434 g/mol. The Morgan fingerprint density at radius 1 is 0.538 bits per heavy atom. The second kappa shape index (κ2) is 13.0. The van der Waals surface area contributed by atoms with E-state index in [4.69, 9.17) is 38.4 Å². The van der Waals surface area contributed by atoms with Gasteiger partial charge in [-0.05, 0) is 0 Å². The molecule has 0 aliphatic carbocycles. The van der Waals surface area contributed by atoms with Crippen LogP contribution in [0.5, 0.6) is 0 Å². The average molecular weight is 434 g/mol. The molecule has 0 N–H and O–H groups in total. The normalized spacial score (nSPS) is 9.23. The van der Waals surface area contributed by atoms with Crippen molar-refractivity contribution in [1.29, 1.82) is 0 Å². The Morgan fingerprint density at radius 3 is 0.538 bits per heavy atom. The van der Waals surface area contributed by atoms with Crippen LogP contribution in [0.3, 0.4) is 0 Å². The van der Waals surface area contributed by atoms with E-state index in [2.05, 4.69) is 0 Å². The third kappa shape index (κ3) is 285. The van der Waals surface area contributed by atoms with Crippen LogP contribution in [-0.2, 0) is 21.1 Å². The van der Waals surface area contributed by atoms with Crippen molar-refractivity contribution in [2.24, 2.45) is 0 Å². The zero-order valence-corrected chi connectivity index (χ0v) is 15.5. The molecule has 0 rings (SSSR count).